The fraction of sp³-hybridized carbons (Fsp3) is 0.462. The number of nitrogens with one attached hydrogen (secondary N) is 2. The van der Waals surface area contributed by atoms with Gasteiger partial charge in [0.25, 0.3) is 0 Å². The summed E-state index contributed by atoms with van der Waals surface area (Å²) in [6, 6.07) is 6.56. The highest BCUT2D eigenvalue weighted by Crippen LogP contribution is 2.18. The molecule has 0 aromatic heterocycles. The lowest BCUT2D eigenvalue weighted by Crippen LogP contribution is -2.38. The molecule has 1 rings (SSSR count). The highest BCUT2D eigenvalue weighted by atomic mass is 35.5. The van der Waals surface area contributed by atoms with E-state index in [1.807, 2.05) is 14.0 Å². The summed E-state index contributed by atoms with van der Waals surface area (Å²) < 4.78 is 13.5. The Balaban J connectivity index is 0.00000289. The van der Waals surface area contributed by atoms with Gasteiger partial charge in [-0.3, -0.25) is 4.79 Å². The maximum atomic E-state index is 13.5. The van der Waals surface area contributed by atoms with E-state index in [1.54, 1.807) is 25.1 Å². The summed E-state index contributed by atoms with van der Waals surface area (Å²) in [4.78, 5) is 11.8. The zero-order valence-corrected chi connectivity index (χ0v) is 11.7. The zero-order chi connectivity index (χ0) is 12.8. The van der Waals surface area contributed by atoms with Gasteiger partial charge < -0.3 is 10.6 Å². The Kier molecular flexibility index (Phi) is 7.55. The molecule has 102 valence electrons. The van der Waals surface area contributed by atoms with Crippen molar-refractivity contribution in [1.82, 2.24) is 10.6 Å². The number of halogens is 2. The normalized spacial score (nSPS) is 13.3. The van der Waals surface area contributed by atoms with E-state index in [1.165, 1.54) is 6.07 Å². The molecule has 0 aliphatic carbocycles. The molecule has 2 atom stereocenters. The molecule has 0 fully saturated rings. The minimum atomic E-state index is -0.472. The Morgan fingerprint density at radius 3 is 2.50 bits per heavy atom. The van der Waals surface area contributed by atoms with Crippen LogP contribution in [0.1, 0.15) is 25.3 Å². The molecule has 0 spiro atoms. The lowest BCUT2D eigenvalue weighted by Gasteiger charge is -2.16. The van der Waals surface area contributed by atoms with Crippen LogP contribution in [-0.4, -0.2) is 25.5 Å². The smallest absolute Gasteiger partial charge is 0.227 e. The van der Waals surface area contributed by atoms with Gasteiger partial charge in [-0.05, 0) is 32.5 Å². The van der Waals surface area contributed by atoms with Crippen molar-refractivity contribution >= 4 is 18.3 Å². The molecule has 0 saturated carbocycles. The van der Waals surface area contributed by atoms with Gasteiger partial charge >= 0.3 is 0 Å². The van der Waals surface area contributed by atoms with Crippen molar-refractivity contribution in [3.8, 4) is 0 Å². The third-order valence-electron chi connectivity index (χ3n) is 2.84. The van der Waals surface area contributed by atoms with E-state index in [4.69, 9.17) is 0 Å². The number of rotatable bonds is 5. The predicted molar refractivity (Wildman–Crippen MR) is 73.6 cm³/mol. The number of hydrogen-bond acceptors (Lipinski definition) is 2. The maximum absolute atomic E-state index is 13.5. The molecule has 2 unspecified atom stereocenters. The lowest BCUT2D eigenvalue weighted by atomic mass is 10.00. The van der Waals surface area contributed by atoms with Crippen molar-refractivity contribution < 1.29 is 9.18 Å². The third-order valence-corrected chi connectivity index (χ3v) is 2.84. The van der Waals surface area contributed by atoms with Crippen molar-refractivity contribution in [2.75, 3.05) is 13.6 Å². The van der Waals surface area contributed by atoms with Gasteiger partial charge in [-0.15, -0.1) is 12.4 Å². The van der Waals surface area contributed by atoms with Gasteiger partial charge in [-0.1, -0.05) is 18.2 Å². The molecule has 0 aliphatic rings. The fourth-order valence-electron chi connectivity index (χ4n) is 1.48. The molecule has 0 radical (unpaired) electrons. The van der Waals surface area contributed by atoms with Gasteiger partial charge in [0.2, 0.25) is 5.91 Å². The van der Waals surface area contributed by atoms with Crippen LogP contribution in [0.3, 0.4) is 0 Å². The SMILES string of the molecule is CNC(C)CNC(=O)C(C)c1ccccc1F.Cl. The Bertz CT molecular complexity index is 387. The molecular weight excluding hydrogens is 255 g/mol. The van der Waals surface area contributed by atoms with E-state index in [2.05, 4.69) is 10.6 Å². The summed E-state index contributed by atoms with van der Waals surface area (Å²) in [6.45, 7) is 4.21. The van der Waals surface area contributed by atoms with Crippen LogP contribution in [0.2, 0.25) is 0 Å². The minimum Gasteiger partial charge on any atom is -0.354 e. The van der Waals surface area contributed by atoms with Crippen molar-refractivity contribution in [3.05, 3.63) is 35.6 Å². The topological polar surface area (TPSA) is 41.1 Å². The van der Waals surface area contributed by atoms with E-state index < -0.39 is 5.92 Å². The number of amides is 1. The highest BCUT2D eigenvalue weighted by Gasteiger charge is 2.18. The van der Waals surface area contributed by atoms with Gasteiger partial charge in [0.1, 0.15) is 5.82 Å². The second-order valence-electron chi connectivity index (χ2n) is 4.18. The Morgan fingerprint density at radius 2 is 1.94 bits per heavy atom. The zero-order valence-electron chi connectivity index (χ0n) is 10.9. The monoisotopic (exact) mass is 274 g/mol. The largest absolute Gasteiger partial charge is 0.354 e. The summed E-state index contributed by atoms with van der Waals surface area (Å²) in [5, 5.41) is 5.81. The molecule has 18 heavy (non-hydrogen) atoms. The van der Waals surface area contributed by atoms with Gasteiger partial charge in [-0.25, -0.2) is 4.39 Å². The van der Waals surface area contributed by atoms with Gasteiger partial charge in [0.05, 0.1) is 5.92 Å². The Labute approximate surface area is 114 Å². The minimum absolute atomic E-state index is 0. The molecule has 0 saturated heterocycles. The number of hydrogen-bond donors (Lipinski definition) is 2. The summed E-state index contributed by atoms with van der Waals surface area (Å²) in [7, 11) is 1.83. The van der Waals surface area contributed by atoms with E-state index in [-0.39, 0.29) is 30.2 Å². The van der Waals surface area contributed by atoms with Crippen molar-refractivity contribution in [1.29, 1.82) is 0 Å². The van der Waals surface area contributed by atoms with Crippen molar-refractivity contribution in [3.63, 3.8) is 0 Å². The van der Waals surface area contributed by atoms with Crippen molar-refractivity contribution in [2.24, 2.45) is 0 Å². The second kappa shape index (κ2) is 8.06. The number of carbonyl (C=O) groups is 1. The first-order valence-corrected chi connectivity index (χ1v) is 5.75. The highest BCUT2D eigenvalue weighted by molar-refractivity contribution is 5.85. The summed E-state index contributed by atoms with van der Waals surface area (Å²) in [5.41, 5.74) is 0.433. The van der Waals surface area contributed by atoms with Gasteiger partial charge in [0.15, 0.2) is 0 Å². The molecule has 1 aromatic carbocycles. The number of benzene rings is 1. The van der Waals surface area contributed by atoms with Crippen LogP contribution in [-0.2, 0) is 4.79 Å². The Morgan fingerprint density at radius 1 is 1.33 bits per heavy atom. The molecule has 3 nitrogen and oxygen atoms in total. The first-order chi connectivity index (χ1) is 8.06. The van der Waals surface area contributed by atoms with Crippen LogP contribution in [0.25, 0.3) is 0 Å². The fourth-order valence-corrected chi connectivity index (χ4v) is 1.48. The van der Waals surface area contributed by atoms with Crippen LogP contribution >= 0.6 is 12.4 Å². The van der Waals surface area contributed by atoms with Crippen LogP contribution < -0.4 is 10.6 Å². The van der Waals surface area contributed by atoms with E-state index in [0.29, 0.717) is 12.1 Å². The molecule has 5 heteroatoms. The molecular formula is C13H20ClFN2O. The summed E-state index contributed by atoms with van der Waals surface area (Å²) >= 11 is 0. The molecule has 2 N–H and O–H groups in total. The summed E-state index contributed by atoms with van der Waals surface area (Å²) in [5.74, 6) is -0.964. The molecule has 1 amide bonds. The van der Waals surface area contributed by atoms with Crippen molar-refractivity contribution in [2.45, 2.75) is 25.8 Å². The third kappa shape index (κ3) is 4.63. The van der Waals surface area contributed by atoms with Crippen LogP contribution in [0.5, 0.6) is 0 Å². The average Bonchev–Trinajstić information content (AvgIpc) is 2.35. The molecule has 1 aromatic rings. The second-order valence-corrected chi connectivity index (χ2v) is 4.18. The average molecular weight is 275 g/mol. The molecule has 0 bridgehead atoms. The predicted octanol–water partition coefficient (Wildman–Crippen LogP) is 2.08. The van der Waals surface area contributed by atoms with Gasteiger partial charge in [-0.2, -0.15) is 0 Å². The summed E-state index contributed by atoms with van der Waals surface area (Å²) in [6.07, 6.45) is 0. The van der Waals surface area contributed by atoms with Crippen LogP contribution in [0, 0.1) is 5.82 Å². The molecule has 0 aliphatic heterocycles. The quantitative estimate of drug-likeness (QED) is 0.863. The van der Waals surface area contributed by atoms with E-state index in [9.17, 15) is 9.18 Å². The number of likely N-dealkylation sites (N-methyl/N-ethyl adjacent to an activating group) is 1. The first-order valence-electron chi connectivity index (χ1n) is 5.75. The number of carbonyl (C=O) groups excluding carboxylic acids is 1. The molecule has 0 heterocycles. The maximum Gasteiger partial charge on any atom is 0.227 e. The van der Waals surface area contributed by atoms with E-state index in [0.717, 1.165) is 0 Å². The van der Waals surface area contributed by atoms with E-state index >= 15 is 0 Å². The Hall–Kier alpha value is -1.13. The lowest BCUT2D eigenvalue weighted by molar-refractivity contribution is -0.122. The standard InChI is InChI=1S/C13H19FN2O.ClH/c1-9(15-3)8-16-13(17)10(2)11-6-4-5-7-12(11)14;/h4-7,9-10,15H,8H2,1-3H3,(H,16,17);1H. The first kappa shape index (κ1) is 16.9. The van der Waals surface area contributed by atoms with Gasteiger partial charge in [0, 0.05) is 12.6 Å². The van der Waals surface area contributed by atoms with Crippen LogP contribution in [0.4, 0.5) is 4.39 Å². The van der Waals surface area contributed by atoms with Crippen LogP contribution in [0.15, 0.2) is 24.3 Å².